The summed E-state index contributed by atoms with van der Waals surface area (Å²) in [5.41, 5.74) is 4.49. The van der Waals surface area contributed by atoms with Crippen LogP contribution in [0.1, 0.15) is 19.3 Å². The van der Waals surface area contributed by atoms with E-state index in [1.165, 1.54) is 5.69 Å². The Balaban J connectivity index is 1.24. The summed E-state index contributed by atoms with van der Waals surface area (Å²) in [6.07, 6.45) is 4.24. The number of likely N-dealkylation sites (tertiary alicyclic amines) is 1. The molecule has 10 nitrogen and oxygen atoms in total. The number of benzene rings is 2. The van der Waals surface area contributed by atoms with Crippen LogP contribution in [-0.2, 0) is 9.53 Å². The summed E-state index contributed by atoms with van der Waals surface area (Å²) in [4.78, 5) is 30.5. The molecule has 2 aromatic heterocycles. The van der Waals surface area contributed by atoms with Gasteiger partial charge in [-0.3, -0.25) is 9.36 Å². The topological polar surface area (TPSA) is 100 Å². The third kappa shape index (κ3) is 5.26. The average Bonchev–Trinajstić information content (AvgIpc) is 3.58. The highest BCUT2D eigenvalue weighted by Gasteiger charge is 2.20. The van der Waals surface area contributed by atoms with Crippen LogP contribution in [0.3, 0.4) is 0 Å². The number of aromatic nitrogens is 4. The number of rotatable bonds is 9. The third-order valence-electron chi connectivity index (χ3n) is 7.00. The molecule has 2 saturated heterocycles. The number of ether oxygens (including phenoxy) is 1. The van der Waals surface area contributed by atoms with Gasteiger partial charge in [0.2, 0.25) is 11.9 Å². The molecule has 6 rings (SSSR count). The van der Waals surface area contributed by atoms with Gasteiger partial charge in [0, 0.05) is 56.2 Å². The normalized spacial score (nSPS) is 15.8. The van der Waals surface area contributed by atoms with E-state index < -0.39 is 0 Å². The van der Waals surface area contributed by atoms with Crippen LogP contribution in [0.5, 0.6) is 0 Å². The maximum Gasteiger partial charge on any atom is 0.231 e. The van der Waals surface area contributed by atoms with Gasteiger partial charge in [0.25, 0.3) is 0 Å². The van der Waals surface area contributed by atoms with Crippen LogP contribution in [0.4, 0.5) is 23.1 Å². The Bertz CT molecular complexity index is 1380. The van der Waals surface area contributed by atoms with Gasteiger partial charge in [-0.2, -0.15) is 9.97 Å². The zero-order valence-electron chi connectivity index (χ0n) is 21.3. The Morgan fingerprint density at radius 1 is 0.921 bits per heavy atom. The Labute approximate surface area is 221 Å². The smallest absolute Gasteiger partial charge is 0.231 e. The SMILES string of the molecule is O=C1CCCN1CCCNc1nc(Nc2ccc(N3CCOCC3)cc2)nc2c1ncn2-c1ccccc1. The first kappa shape index (κ1) is 24.2. The lowest BCUT2D eigenvalue weighted by atomic mass is 10.2. The van der Waals surface area contributed by atoms with E-state index in [-0.39, 0.29) is 5.91 Å². The van der Waals surface area contributed by atoms with Crippen molar-refractivity contribution in [1.29, 1.82) is 0 Å². The molecule has 0 bridgehead atoms. The molecule has 2 fully saturated rings. The van der Waals surface area contributed by atoms with Gasteiger partial charge in [-0.05, 0) is 49.2 Å². The molecule has 0 saturated carbocycles. The highest BCUT2D eigenvalue weighted by atomic mass is 16.5. The summed E-state index contributed by atoms with van der Waals surface area (Å²) in [6, 6.07) is 18.4. The molecule has 196 valence electrons. The van der Waals surface area contributed by atoms with Crippen molar-refractivity contribution in [3.63, 3.8) is 0 Å². The number of carbonyl (C=O) groups excluding carboxylic acids is 1. The van der Waals surface area contributed by atoms with E-state index in [4.69, 9.17) is 14.7 Å². The molecule has 2 aliphatic heterocycles. The minimum Gasteiger partial charge on any atom is -0.378 e. The van der Waals surface area contributed by atoms with Crippen molar-refractivity contribution in [3.05, 3.63) is 60.9 Å². The number of hydrogen-bond acceptors (Lipinski definition) is 8. The molecule has 38 heavy (non-hydrogen) atoms. The van der Waals surface area contributed by atoms with Crippen LogP contribution in [0, 0.1) is 0 Å². The van der Waals surface area contributed by atoms with Crippen LogP contribution in [-0.4, -0.2) is 76.3 Å². The van der Waals surface area contributed by atoms with Gasteiger partial charge in [-0.1, -0.05) is 18.2 Å². The van der Waals surface area contributed by atoms with Gasteiger partial charge in [-0.25, -0.2) is 4.98 Å². The van der Waals surface area contributed by atoms with Crippen LogP contribution in [0.15, 0.2) is 60.9 Å². The minimum atomic E-state index is 0.252. The number of para-hydroxylation sites is 1. The molecular formula is C28H32N8O2. The molecule has 0 aliphatic carbocycles. The van der Waals surface area contributed by atoms with E-state index in [0.29, 0.717) is 30.2 Å². The molecule has 0 radical (unpaired) electrons. The predicted octanol–water partition coefficient (Wildman–Crippen LogP) is 3.82. The van der Waals surface area contributed by atoms with Crippen LogP contribution < -0.4 is 15.5 Å². The van der Waals surface area contributed by atoms with E-state index in [2.05, 4.69) is 32.7 Å². The van der Waals surface area contributed by atoms with Gasteiger partial charge in [0.1, 0.15) is 6.33 Å². The summed E-state index contributed by atoms with van der Waals surface area (Å²) in [6.45, 7) is 5.60. The second-order valence-electron chi connectivity index (χ2n) is 9.55. The fourth-order valence-electron chi connectivity index (χ4n) is 4.98. The number of nitrogens with one attached hydrogen (secondary N) is 2. The lowest BCUT2D eigenvalue weighted by molar-refractivity contribution is -0.127. The van der Waals surface area contributed by atoms with Gasteiger partial charge in [0.05, 0.1) is 13.2 Å². The number of imidazole rings is 1. The molecule has 2 aliphatic rings. The van der Waals surface area contributed by atoms with E-state index in [0.717, 1.165) is 69.3 Å². The quantitative estimate of drug-likeness (QED) is 0.327. The van der Waals surface area contributed by atoms with Gasteiger partial charge in [0.15, 0.2) is 17.0 Å². The Hall–Kier alpha value is -4.18. The number of fused-ring (bicyclic) bond motifs is 1. The average molecular weight is 513 g/mol. The Kier molecular flexibility index (Phi) is 7.03. The Morgan fingerprint density at radius 3 is 2.50 bits per heavy atom. The van der Waals surface area contributed by atoms with Gasteiger partial charge < -0.3 is 25.2 Å². The summed E-state index contributed by atoms with van der Waals surface area (Å²) >= 11 is 0. The standard InChI is InChI=1S/C28H32N8O2/c37-24-8-4-14-35(24)15-5-13-29-26-25-27(36(20-30-25)23-6-2-1-3-7-23)33-28(32-26)31-21-9-11-22(12-10-21)34-16-18-38-19-17-34/h1-3,6-7,9-12,20H,4-5,8,13-19H2,(H2,29,31,32,33). The summed E-state index contributed by atoms with van der Waals surface area (Å²) in [5, 5.41) is 6.82. The second-order valence-corrected chi connectivity index (χ2v) is 9.55. The maximum absolute atomic E-state index is 11.9. The van der Waals surface area contributed by atoms with Crippen molar-refractivity contribution in [2.75, 3.05) is 61.5 Å². The van der Waals surface area contributed by atoms with Gasteiger partial charge >= 0.3 is 0 Å². The van der Waals surface area contributed by atoms with Crippen LogP contribution in [0.2, 0.25) is 0 Å². The molecule has 0 unspecified atom stereocenters. The lowest BCUT2D eigenvalue weighted by Crippen LogP contribution is -2.36. The first-order valence-electron chi connectivity index (χ1n) is 13.3. The van der Waals surface area contributed by atoms with Crippen molar-refractivity contribution in [2.24, 2.45) is 0 Å². The molecule has 2 aromatic carbocycles. The molecule has 4 heterocycles. The van der Waals surface area contributed by atoms with Crippen molar-refractivity contribution in [2.45, 2.75) is 19.3 Å². The molecule has 0 atom stereocenters. The molecule has 0 spiro atoms. The van der Waals surface area contributed by atoms with Crippen molar-refractivity contribution < 1.29 is 9.53 Å². The number of carbonyl (C=O) groups is 1. The zero-order chi connectivity index (χ0) is 25.7. The molecule has 2 N–H and O–H groups in total. The zero-order valence-corrected chi connectivity index (χ0v) is 21.3. The molecule has 4 aromatic rings. The maximum atomic E-state index is 11.9. The van der Waals surface area contributed by atoms with E-state index in [1.807, 2.05) is 51.9 Å². The van der Waals surface area contributed by atoms with Gasteiger partial charge in [-0.15, -0.1) is 0 Å². The Morgan fingerprint density at radius 2 is 1.74 bits per heavy atom. The second kappa shape index (κ2) is 11.1. The molecule has 1 amide bonds. The van der Waals surface area contributed by atoms with Crippen molar-refractivity contribution in [3.8, 4) is 5.69 Å². The number of morpholine rings is 1. The monoisotopic (exact) mass is 512 g/mol. The highest BCUT2D eigenvalue weighted by Crippen LogP contribution is 2.26. The van der Waals surface area contributed by atoms with E-state index in [9.17, 15) is 4.79 Å². The van der Waals surface area contributed by atoms with Crippen LogP contribution >= 0.6 is 0 Å². The van der Waals surface area contributed by atoms with E-state index in [1.54, 1.807) is 6.33 Å². The number of anilines is 4. The summed E-state index contributed by atoms with van der Waals surface area (Å²) in [7, 11) is 0. The first-order valence-corrected chi connectivity index (χ1v) is 13.3. The largest absolute Gasteiger partial charge is 0.378 e. The minimum absolute atomic E-state index is 0.252. The molecular weight excluding hydrogens is 480 g/mol. The predicted molar refractivity (Wildman–Crippen MR) is 148 cm³/mol. The first-order chi connectivity index (χ1) is 18.7. The lowest BCUT2D eigenvalue weighted by Gasteiger charge is -2.28. The van der Waals surface area contributed by atoms with Crippen molar-refractivity contribution >= 4 is 40.2 Å². The van der Waals surface area contributed by atoms with E-state index >= 15 is 0 Å². The third-order valence-corrected chi connectivity index (χ3v) is 7.00. The fourth-order valence-corrected chi connectivity index (χ4v) is 4.98. The summed E-state index contributed by atoms with van der Waals surface area (Å²) < 4.78 is 7.44. The number of amides is 1. The number of hydrogen-bond donors (Lipinski definition) is 2. The highest BCUT2D eigenvalue weighted by molar-refractivity contribution is 5.86. The molecule has 10 heteroatoms. The van der Waals surface area contributed by atoms with Crippen LogP contribution in [0.25, 0.3) is 16.9 Å². The number of nitrogens with zero attached hydrogens (tertiary/aromatic N) is 6. The van der Waals surface area contributed by atoms with Crippen molar-refractivity contribution in [1.82, 2.24) is 24.4 Å². The fraction of sp³-hybridized carbons (Fsp3) is 0.357. The summed E-state index contributed by atoms with van der Waals surface area (Å²) in [5.74, 6) is 1.42.